The van der Waals surface area contributed by atoms with Gasteiger partial charge >= 0.3 is 5.97 Å². The van der Waals surface area contributed by atoms with Crippen LogP contribution in [0.25, 0.3) is 0 Å². The summed E-state index contributed by atoms with van der Waals surface area (Å²) in [6, 6.07) is -0.146. The van der Waals surface area contributed by atoms with Gasteiger partial charge in [0, 0.05) is 11.5 Å². The van der Waals surface area contributed by atoms with E-state index in [2.05, 4.69) is 5.32 Å². The molecule has 4 heteroatoms. The average molecular weight is 211 g/mol. The standard InChI is InChI=1S/C11H17NO3/c1-11(5-6-11)10(15)12-8-4-2-3-7(8)9(13)14/h7-8H,2-6H2,1H3,(H,12,15)(H,13,14)/t7-,8+/m0/s1. The van der Waals surface area contributed by atoms with Gasteiger partial charge in [0.2, 0.25) is 5.91 Å². The van der Waals surface area contributed by atoms with E-state index in [4.69, 9.17) is 5.11 Å². The number of carboxylic acid groups (broad SMARTS) is 1. The molecule has 0 saturated heterocycles. The van der Waals surface area contributed by atoms with Gasteiger partial charge in [-0.15, -0.1) is 0 Å². The molecule has 2 rings (SSSR count). The Bertz CT molecular complexity index is 296. The molecule has 0 unspecified atom stereocenters. The van der Waals surface area contributed by atoms with Crippen LogP contribution in [0.4, 0.5) is 0 Å². The van der Waals surface area contributed by atoms with Gasteiger partial charge in [-0.2, -0.15) is 0 Å². The lowest BCUT2D eigenvalue weighted by atomic mass is 10.0. The number of amides is 1. The minimum atomic E-state index is -0.779. The van der Waals surface area contributed by atoms with E-state index in [1.165, 1.54) is 0 Å². The third-order valence-corrected chi connectivity index (χ3v) is 3.70. The number of carbonyl (C=O) groups is 2. The Kier molecular flexibility index (Phi) is 2.44. The number of nitrogens with one attached hydrogen (secondary N) is 1. The molecule has 0 aliphatic heterocycles. The van der Waals surface area contributed by atoms with Crippen molar-refractivity contribution in [2.75, 3.05) is 0 Å². The molecule has 4 nitrogen and oxygen atoms in total. The van der Waals surface area contributed by atoms with Gasteiger partial charge in [-0.3, -0.25) is 9.59 Å². The summed E-state index contributed by atoms with van der Waals surface area (Å²) in [4.78, 5) is 22.7. The van der Waals surface area contributed by atoms with Crippen molar-refractivity contribution >= 4 is 11.9 Å². The fraction of sp³-hybridized carbons (Fsp3) is 0.818. The van der Waals surface area contributed by atoms with Crippen LogP contribution in [0.1, 0.15) is 39.0 Å². The van der Waals surface area contributed by atoms with Gasteiger partial charge in [0.05, 0.1) is 5.92 Å². The van der Waals surface area contributed by atoms with E-state index in [1.807, 2.05) is 6.92 Å². The van der Waals surface area contributed by atoms with Crippen molar-refractivity contribution in [3.8, 4) is 0 Å². The molecule has 2 atom stereocenters. The van der Waals surface area contributed by atoms with Crippen LogP contribution in [0.15, 0.2) is 0 Å². The van der Waals surface area contributed by atoms with Crippen molar-refractivity contribution in [1.29, 1.82) is 0 Å². The predicted octanol–water partition coefficient (Wildman–Crippen LogP) is 1.16. The summed E-state index contributed by atoms with van der Waals surface area (Å²) in [7, 11) is 0. The minimum Gasteiger partial charge on any atom is -0.481 e. The summed E-state index contributed by atoms with van der Waals surface area (Å²) in [6.45, 7) is 1.94. The van der Waals surface area contributed by atoms with E-state index in [0.29, 0.717) is 6.42 Å². The summed E-state index contributed by atoms with van der Waals surface area (Å²) in [5.41, 5.74) is -0.203. The smallest absolute Gasteiger partial charge is 0.308 e. The summed E-state index contributed by atoms with van der Waals surface area (Å²) >= 11 is 0. The van der Waals surface area contributed by atoms with E-state index in [1.54, 1.807) is 0 Å². The van der Waals surface area contributed by atoms with Crippen LogP contribution in [-0.4, -0.2) is 23.0 Å². The Balaban J connectivity index is 1.93. The van der Waals surface area contributed by atoms with Gasteiger partial charge in [0.15, 0.2) is 0 Å². The van der Waals surface area contributed by atoms with E-state index in [0.717, 1.165) is 25.7 Å². The van der Waals surface area contributed by atoms with Gasteiger partial charge in [-0.1, -0.05) is 13.3 Å². The largest absolute Gasteiger partial charge is 0.481 e. The molecule has 0 spiro atoms. The third kappa shape index (κ3) is 1.98. The summed E-state index contributed by atoms with van der Waals surface area (Å²) in [5, 5.41) is 11.9. The molecular formula is C11H17NO3. The van der Waals surface area contributed by atoms with Gasteiger partial charge < -0.3 is 10.4 Å². The first kappa shape index (κ1) is 10.5. The number of aliphatic carboxylic acids is 1. The average Bonchev–Trinajstić information content (AvgIpc) is 2.77. The molecule has 0 heterocycles. The topological polar surface area (TPSA) is 66.4 Å². The first-order valence-corrected chi connectivity index (χ1v) is 5.57. The van der Waals surface area contributed by atoms with Crippen LogP contribution in [-0.2, 0) is 9.59 Å². The first-order valence-electron chi connectivity index (χ1n) is 5.57. The molecule has 2 saturated carbocycles. The van der Waals surface area contributed by atoms with Gasteiger partial charge in [0.25, 0.3) is 0 Å². The highest BCUT2D eigenvalue weighted by Crippen LogP contribution is 2.45. The number of rotatable bonds is 3. The van der Waals surface area contributed by atoms with Crippen LogP contribution in [0.2, 0.25) is 0 Å². The Morgan fingerprint density at radius 2 is 2.00 bits per heavy atom. The van der Waals surface area contributed by atoms with Gasteiger partial charge in [-0.05, 0) is 25.7 Å². The van der Waals surface area contributed by atoms with E-state index >= 15 is 0 Å². The zero-order valence-corrected chi connectivity index (χ0v) is 8.95. The molecule has 2 N–H and O–H groups in total. The molecule has 15 heavy (non-hydrogen) atoms. The Labute approximate surface area is 89.0 Å². The lowest BCUT2D eigenvalue weighted by Crippen LogP contribution is -2.43. The second-order valence-electron chi connectivity index (χ2n) is 5.02. The molecule has 0 aromatic carbocycles. The maximum atomic E-state index is 11.7. The highest BCUT2D eigenvalue weighted by molar-refractivity contribution is 5.85. The zero-order valence-electron chi connectivity index (χ0n) is 8.95. The van der Waals surface area contributed by atoms with Crippen LogP contribution in [0.5, 0.6) is 0 Å². The summed E-state index contributed by atoms with van der Waals surface area (Å²) in [5.74, 6) is -1.12. The third-order valence-electron chi connectivity index (χ3n) is 3.70. The number of hydrogen-bond acceptors (Lipinski definition) is 2. The molecule has 0 aromatic rings. The minimum absolute atomic E-state index is 0.0423. The number of hydrogen-bond donors (Lipinski definition) is 2. The number of carboxylic acids is 1. The maximum Gasteiger partial charge on any atom is 0.308 e. The highest BCUT2D eigenvalue weighted by Gasteiger charge is 2.46. The fourth-order valence-corrected chi connectivity index (χ4v) is 2.19. The molecule has 1 amide bonds. The Morgan fingerprint density at radius 3 is 2.53 bits per heavy atom. The van der Waals surface area contributed by atoms with Crippen molar-refractivity contribution in [2.24, 2.45) is 11.3 Å². The molecule has 84 valence electrons. The second-order valence-corrected chi connectivity index (χ2v) is 5.02. The zero-order chi connectivity index (χ0) is 11.1. The Morgan fingerprint density at radius 1 is 1.33 bits per heavy atom. The quantitative estimate of drug-likeness (QED) is 0.736. The molecule has 2 aliphatic rings. The van der Waals surface area contributed by atoms with Crippen molar-refractivity contribution in [3.63, 3.8) is 0 Å². The summed E-state index contributed by atoms with van der Waals surface area (Å²) in [6.07, 6.45) is 4.26. The highest BCUT2D eigenvalue weighted by atomic mass is 16.4. The SMILES string of the molecule is CC1(C(=O)N[C@@H]2CCC[C@@H]2C(=O)O)CC1. The van der Waals surface area contributed by atoms with Gasteiger partial charge in [-0.25, -0.2) is 0 Å². The monoisotopic (exact) mass is 211 g/mol. The van der Waals surface area contributed by atoms with Crippen molar-refractivity contribution < 1.29 is 14.7 Å². The number of carbonyl (C=O) groups excluding carboxylic acids is 1. The molecular weight excluding hydrogens is 194 g/mol. The van der Waals surface area contributed by atoms with Crippen LogP contribution in [0, 0.1) is 11.3 Å². The lowest BCUT2D eigenvalue weighted by molar-refractivity contribution is -0.142. The van der Waals surface area contributed by atoms with Crippen molar-refractivity contribution in [2.45, 2.75) is 45.1 Å². The maximum absolute atomic E-state index is 11.7. The molecule has 0 aromatic heterocycles. The molecule has 0 bridgehead atoms. The molecule has 0 radical (unpaired) electrons. The molecule has 2 fully saturated rings. The first-order chi connectivity index (χ1) is 7.03. The van der Waals surface area contributed by atoms with Crippen molar-refractivity contribution in [1.82, 2.24) is 5.32 Å². The second kappa shape index (κ2) is 3.51. The fourth-order valence-electron chi connectivity index (χ4n) is 2.19. The van der Waals surface area contributed by atoms with E-state index in [-0.39, 0.29) is 23.3 Å². The normalized spacial score (nSPS) is 32.3. The van der Waals surface area contributed by atoms with Crippen LogP contribution in [0.3, 0.4) is 0 Å². The van der Waals surface area contributed by atoms with Crippen LogP contribution >= 0.6 is 0 Å². The lowest BCUT2D eigenvalue weighted by Gasteiger charge is -2.19. The van der Waals surface area contributed by atoms with Crippen molar-refractivity contribution in [3.05, 3.63) is 0 Å². The predicted molar refractivity (Wildman–Crippen MR) is 54.2 cm³/mol. The van der Waals surface area contributed by atoms with E-state index < -0.39 is 5.97 Å². The Hall–Kier alpha value is -1.06. The van der Waals surface area contributed by atoms with Gasteiger partial charge in [0.1, 0.15) is 0 Å². The summed E-state index contributed by atoms with van der Waals surface area (Å²) < 4.78 is 0. The molecule has 2 aliphatic carbocycles. The van der Waals surface area contributed by atoms with Crippen LogP contribution < -0.4 is 5.32 Å². The van der Waals surface area contributed by atoms with E-state index in [9.17, 15) is 9.59 Å².